The number of aliphatic hydroxyl groups excluding tert-OH is 1. The van der Waals surface area contributed by atoms with E-state index >= 15 is 0 Å². The average Bonchev–Trinajstić information content (AvgIpc) is 2.75. The molecule has 2 unspecified atom stereocenters. The molecular weight excluding hydrogens is 278 g/mol. The zero-order chi connectivity index (χ0) is 14.6. The zero-order valence-electron chi connectivity index (χ0n) is 11.3. The van der Waals surface area contributed by atoms with Crippen LogP contribution in [0.4, 0.5) is 0 Å². The first-order chi connectivity index (χ1) is 9.44. The van der Waals surface area contributed by atoms with Crippen LogP contribution in [0.2, 0.25) is 0 Å². The molecule has 0 radical (unpaired) electrons. The Hall–Kier alpha value is -1.37. The Bertz CT molecular complexity index is 565. The third-order valence-corrected chi connectivity index (χ3v) is 4.40. The molecule has 0 bridgehead atoms. The maximum Gasteiger partial charge on any atom is 0.173 e. The zero-order valence-corrected chi connectivity index (χ0v) is 12.1. The molecular formula is C14H19NO4S. The van der Waals surface area contributed by atoms with Gasteiger partial charge >= 0.3 is 0 Å². The van der Waals surface area contributed by atoms with Gasteiger partial charge in [0.2, 0.25) is 0 Å². The Labute approximate surface area is 119 Å². The number of aryl methyl sites for hydroxylation is 1. The second-order valence-corrected chi connectivity index (χ2v) is 6.88. The van der Waals surface area contributed by atoms with Crippen LogP contribution in [0.1, 0.15) is 5.56 Å². The molecule has 0 fully saturated rings. The first-order valence-corrected chi connectivity index (χ1v) is 8.18. The molecule has 1 aliphatic heterocycles. The molecule has 0 amide bonds. The SMILES string of the molecule is Cc1ccc(OCC(O)CNC2C=CS(=O)(=O)C2)cc1. The fraction of sp³-hybridized carbons (Fsp3) is 0.429. The summed E-state index contributed by atoms with van der Waals surface area (Å²) in [4.78, 5) is 0. The highest BCUT2D eigenvalue weighted by atomic mass is 32.2. The number of hydrogen-bond donors (Lipinski definition) is 2. The van der Waals surface area contributed by atoms with Crippen molar-refractivity contribution in [3.63, 3.8) is 0 Å². The second kappa shape index (κ2) is 6.39. The van der Waals surface area contributed by atoms with Crippen LogP contribution in [-0.2, 0) is 9.84 Å². The van der Waals surface area contributed by atoms with Gasteiger partial charge in [-0.1, -0.05) is 23.8 Å². The minimum atomic E-state index is -3.06. The fourth-order valence-corrected chi connectivity index (χ4v) is 3.15. The third-order valence-electron chi connectivity index (χ3n) is 3.01. The molecule has 1 heterocycles. The van der Waals surface area contributed by atoms with Crippen molar-refractivity contribution in [2.45, 2.75) is 19.1 Å². The minimum Gasteiger partial charge on any atom is -0.491 e. The van der Waals surface area contributed by atoms with Gasteiger partial charge in [0.15, 0.2) is 9.84 Å². The van der Waals surface area contributed by atoms with E-state index in [1.807, 2.05) is 31.2 Å². The lowest BCUT2D eigenvalue weighted by Gasteiger charge is -2.15. The van der Waals surface area contributed by atoms with E-state index in [4.69, 9.17) is 4.74 Å². The van der Waals surface area contributed by atoms with Crippen molar-refractivity contribution < 1.29 is 18.3 Å². The predicted molar refractivity (Wildman–Crippen MR) is 77.4 cm³/mol. The molecule has 20 heavy (non-hydrogen) atoms. The van der Waals surface area contributed by atoms with Crippen molar-refractivity contribution in [3.05, 3.63) is 41.3 Å². The van der Waals surface area contributed by atoms with Gasteiger partial charge in [0.1, 0.15) is 18.5 Å². The van der Waals surface area contributed by atoms with Crippen LogP contribution in [0.5, 0.6) is 5.75 Å². The Morgan fingerprint density at radius 1 is 1.40 bits per heavy atom. The van der Waals surface area contributed by atoms with Gasteiger partial charge in [-0.25, -0.2) is 8.42 Å². The predicted octanol–water partition coefficient (Wildman–Crippen LogP) is 0.635. The number of benzene rings is 1. The van der Waals surface area contributed by atoms with E-state index in [0.29, 0.717) is 5.75 Å². The van der Waals surface area contributed by atoms with E-state index in [1.165, 1.54) is 5.41 Å². The summed E-state index contributed by atoms with van der Waals surface area (Å²) in [5.74, 6) is 0.761. The second-order valence-electron chi connectivity index (χ2n) is 4.95. The molecule has 2 N–H and O–H groups in total. The van der Waals surface area contributed by atoms with E-state index in [2.05, 4.69) is 5.32 Å². The highest BCUT2D eigenvalue weighted by Gasteiger charge is 2.21. The number of aliphatic hydroxyl groups is 1. The first kappa shape index (κ1) is 15.0. The topological polar surface area (TPSA) is 75.6 Å². The Kier molecular flexibility index (Phi) is 4.80. The van der Waals surface area contributed by atoms with E-state index in [1.54, 1.807) is 6.08 Å². The molecule has 1 aromatic carbocycles. The number of rotatable bonds is 6. The molecule has 0 aromatic heterocycles. The van der Waals surface area contributed by atoms with Crippen LogP contribution in [0.15, 0.2) is 35.7 Å². The van der Waals surface area contributed by atoms with Gasteiger partial charge in [-0.2, -0.15) is 0 Å². The normalized spacial score (nSPS) is 21.8. The summed E-state index contributed by atoms with van der Waals surface area (Å²) in [6, 6.07) is 7.35. The number of nitrogens with one attached hydrogen (secondary N) is 1. The highest BCUT2D eigenvalue weighted by molar-refractivity contribution is 7.94. The molecule has 0 saturated carbocycles. The maximum absolute atomic E-state index is 11.2. The molecule has 6 heteroatoms. The van der Waals surface area contributed by atoms with Crippen molar-refractivity contribution in [3.8, 4) is 5.75 Å². The molecule has 1 aromatic rings. The summed E-state index contributed by atoms with van der Waals surface area (Å²) in [5.41, 5.74) is 1.15. The smallest absolute Gasteiger partial charge is 0.173 e. The lowest BCUT2D eigenvalue weighted by atomic mass is 10.2. The van der Waals surface area contributed by atoms with E-state index in [-0.39, 0.29) is 24.9 Å². The summed E-state index contributed by atoms with van der Waals surface area (Å²) < 4.78 is 27.9. The van der Waals surface area contributed by atoms with Gasteiger partial charge in [-0.05, 0) is 19.1 Å². The van der Waals surface area contributed by atoms with Gasteiger partial charge in [-0.3, -0.25) is 0 Å². The Balaban J connectivity index is 1.69. The molecule has 5 nitrogen and oxygen atoms in total. The van der Waals surface area contributed by atoms with Crippen molar-refractivity contribution >= 4 is 9.84 Å². The van der Waals surface area contributed by atoms with E-state index in [0.717, 1.165) is 5.56 Å². The van der Waals surface area contributed by atoms with Crippen LogP contribution >= 0.6 is 0 Å². The minimum absolute atomic E-state index is 0.0541. The van der Waals surface area contributed by atoms with Crippen LogP contribution < -0.4 is 10.1 Å². The highest BCUT2D eigenvalue weighted by Crippen LogP contribution is 2.12. The van der Waals surface area contributed by atoms with Crippen molar-refractivity contribution in [2.75, 3.05) is 18.9 Å². The molecule has 0 aliphatic carbocycles. The largest absolute Gasteiger partial charge is 0.491 e. The fourth-order valence-electron chi connectivity index (χ4n) is 1.88. The lowest BCUT2D eigenvalue weighted by molar-refractivity contribution is 0.105. The van der Waals surface area contributed by atoms with E-state index < -0.39 is 15.9 Å². The Morgan fingerprint density at radius 2 is 2.10 bits per heavy atom. The summed E-state index contributed by atoms with van der Waals surface area (Å²) in [6.07, 6.45) is 0.913. The number of ether oxygens (including phenoxy) is 1. The summed E-state index contributed by atoms with van der Waals surface area (Å²) in [5, 5.41) is 14.0. The molecule has 2 atom stereocenters. The quantitative estimate of drug-likeness (QED) is 0.806. The summed E-state index contributed by atoms with van der Waals surface area (Å²) in [6.45, 7) is 2.45. The van der Waals surface area contributed by atoms with Crippen LogP contribution in [0.25, 0.3) is 0 Å². The average molecular weight is 297 g/mol. The van der Waals surface area contributed by atoms with Crippen molar-refractivity contribution in [2.24, 2.45) is 0 Å². The maximum atomic E-state index is 11.2. The molecule has 110 valence electrons. The van der Waals surface area contributed by atoms with Gasteiger partial charge < -0.3 is 15.2 Å². The van der Waals surface area contributed by atoms with Crippen LogP contribution in [0, 0.1) is 6.92 Å². The van der Waals surface area contributed by atoms with Crippen molar-refractivity contribution in [1.29, 1.82) is 0 Å². The number of hydrogen-bond acceptors (Lipinski definition) is 5. The Morgan fingerprint density at radius 3 is 2.70 bits per heavy atom. The standard InChI is InChI=1S/C14H19NO4S/c1-11-2-4-14(5-3-11)19-9-13(16)8-15-12-6-7-20(17,18)10-12/h2-7,12-13,15-16H,8-10H2,1H3. The van der Waals surface area contributed by atoms with Gasteiger partial charge in [0.25, 0.3) is 0 Å². The third kappa shape index (κ3) is 4.63. The van der Waals surface area contributed by atoms with Gasteiger partial charge in [0.05, 0.1) is 5.75 Å². The summed E-state index contributed by atoms with van der Waals surface area (Å²) >= 11 is 0. The lowest BCUT2D eigenvalue weighted by Crippen LogP contribution is -2.38. The monoisotopic (exact) mass is 297 g/mol. The van der Waals surface area contributed by atoms with Gasteiger partial charge in [-0.15, -0.1) is 0 Å². The van der Waals surface area contributed by atoms with Crippen LogP contribution in [-0.4, -0.2) is 44.6 Å². The van der Waals surface area contributed by atoms with Gasteiger partial charge in [0, 0.05) is 18.0 Å². The molecule has 1 aliphatic rings. The van der Waals surface area contributed by atoms with Crippen molar-refractivity contribution in [1.82, 2.24) is 5.32 Å². The number of sulfone groups is 1. The summed E-state index contributed by atoms with van der Waals surface area (Å²) in [7, 11) is -3.06. The molecule has 2 rings (SSSR count). The molecule has 0 spiro atoms. The van der Waals surface area contributed by atoms with Crippen LogP contribution in [0.3, 0.4) is 0 Å². The molecule has 0 saturated heterocycles. The van der Waals surface area contributed by atoms with E-state index in [9.17, 15) is 13.5 Å². The first-order valence-electron chi connectivity index (χ1n) is 6.46.